The van der Waals surface area contributed by atoms with Crippen LogP contribution in [-0.2, 0) is 57.0 Å². The van der Waals surface area contributed by atoms with Crippen molar-refractivity contribution in [3.05, 3.63) is 0 Å². The van der Waals surface area contributed by atoms with Crippen LogP contribution in [0.4, 0.5) is 0 Å². The van der Waals surface area contributed by atoms with Gasteiger partial charge in [0.15, 0.2) is 0 Å². The minimum absolute atomic E-state index is 0.0213. The summed E-state index contributed by atoms with van der Waals surface area (Å²) in [7, 11) is 0. The van der Waals surface area contributed by atoms with Crippen LogP contribution in [0.2, 0.25) is 0 Å². The Morgan fingerprint density at radius 2 is 0.727 bits per heavy atom. The maximum absolute atomic E-state index is 11.4. The molecule has 0 unspecified atom stereocenters. The van der Waals surface area contributed by atoms with Crippen LogP contribution in [0.15, 0.2) is 0 Å². The molecule has 0 atom stereocenters. The number of unbranched alkanes of at least 4 members (excludes halogenated alkanes) is 7. The van der Waals surface area contributed by atoms with Crippen molar-refractivity contribution >= 4 is 17.7 Å². The molecule has 44 heavy (non-hydrogen) atoms. The molecule has 0 aliphatic carbocycles. The number of carbonyl (C=O) groups is 3. The number of carboxylic acid groups (broad SMARTS) is 1. The van der Waals surface area contributed by atoms with Crippen molar-refractivity contribution in [3.8, 4) is 0 Å². The molecule has 0 aliphatic rings. The predicted molar refractivity (Wildman–Crippen MR) is 162 cm³/mol. The zero-order chi connectivity index (χ0) is 32.2. The van der Waals surface area contributed by atoms with E-state index in [1.165, 1.54) is 44.9 Å². The van der Waals surface area contributed by atoms with Gasteiger partial charge in [0.2, 0.25) is 5.78 Å². The number of carbonyl (C=O) groups excluding carboxylic acids is 2. The van der Waals surface area contributed by atoms with Gasteiger partial charge < -0.3 is 47.7 Å². The number of aliphatic carboxylic acids is 1. The lowest BCUT2D eigenvalue weighted by molar-refractivity contribution is -0.151. The van der Waals surface area contributed by atoms with Crippen LogP contribution in [0.5, 0.6) is 0 Å². The van der Waals surface area contributed by atoms with E-state index in [2.05, 4.69) is 6.92 Å². The van der Waals surface area contributed by atoms with Crippen LogP contribution >= 0.6 is 0 Å². The van der Waals surface area contributed by atoms with Gasteiger partial charge in [0.1, 0.15) is 6.61 Å². The molecule has 0 aromatic heterocycles. The average Bonchev–Trinajstić information content (AvgIpc) is 3.02. The molecule has 0 rings (SSSR count). The van der Waals surface area contributed by atoms with Gasteiger partial charge in [-0.05, 0) is 6.42 Å². The first-order valence-corrected chi connectivity index (χ1v) is 16.1. The summed E-state index contributed by atoms with van der Waals surface area (Å²) in [6.45, 7) is 10.0. The van der Waals surface area contributed by atoms with Crippen molar-refractivity contribution in [2.24, 2.45) is 0 Å². The first-order valence-electron chi connectivity index (χ1n) is 16.1. The number of carboxylic acids is 1. The third kappa shape index (κ3) is 34.8. The number of hydrogen-bond donors (Lipinski definition) is 1. The van der Waals surface area contributed by atoms with Crippen molar-refractivity contribution in [1.29, 1.82) is 0 Å². The Morgan fingerprint density at radius 1 is 0.409 bits per heavy atom. The summed E-state index contributed by atoms with van der Waals surface area (Å²) >= 11 is 0. The van der Waals surface area contributed by atoms with Gasteiger partial charge in [0.25, 0.3) is 0 Å². The zero-order valence-electron chi connectivity index (χ0n) is 26.9. The van der Waals surface area contributed by atoms with E-state index in [4.69, 9.17) is 47.7 Å². The van der Waals surface area contributed by atoms with Gasteiger partial charge in [-0.1, -0.05) is 51.9 Å². The number of ether oxygens (including phenoxy) is 9. The highest BCUT2D eigenvalue weighted by atomic mass is 16.6. The van der Waals surface area contributed by atoms with Gasteiger partial charge >= 0.3 is 11.9 Å². The van der Waals surface area contributed by atoms with E-state index in [1.807, 2.05) is 0 Å². The van der Waals surface area contributed by atoms with E-state index < -0.39 is 17.7 Å². The van der Waals surface area contributed by atoms with Gasteiger partial charge in [-0.2, -0.15) is 0 Å². The van der Waals surface area contributed by atoms with Crippen LogP contribution in [0.25, 0.3) is 0 Å². The molecule has 0 aliphatic heterocycles. The monoisotopic (exact) mass is 638 g/mol. The third-order valence-electron chi connectivity index (χ3n) is 6.03. The first-order chi connectivity index (χ1) is 21.6. The van der Waals surface area contributed by atoms with Gasteiger partial charge in [0.05, 0.1) is 106 Å². The van der Waals surface area contributed by atoms with E-state index in [0.29, 0.717) is 92.5 Å². The summed E-state index contributed by atoms with van der Waals surface area (Å²) in [6.07, 6.45) is 9.79. The lowest BCUT2D eigenvalue weighted by atomic mass is 10.1. The number of ketones is 1. The summed E-state index contributed by atoms with van der Waals surface area (Å²) in [6, 6.07) is 0. The summed E-state index contributed by atoms with van der Waals surface area (Å²) in [4.78, 5) is 32.6. The molecule has 0 fully saturated rings. The number of Topliss-reactive ketones (excluding diaryl/α,β-unsaturated/α-hetero) is 1. The van der Waals surface area contributed by atoms with Gasteiger partial charge in [-0.3, -0.25) is 9.59 Å². The maximum atomic E-state index is 11.4. The molecule has 0 amide bonds. The largest absolute Gasteiger partial charge is 0.476 e. The van der Waals surface area contributed by atoms with E-state index in [0.717, 1.165) is 13.0 Å². The second-order valence-corrected chi connectivity index (χ2v) is 9.82. The van der Waals surface area contributed by atoms with Crippen LogP contribution < -0.4 is 0 Å². The zero-order valence-corrected chi connectivity index (χ0v) is 26.9. The van der Waals surface area contributed by atoms with E-state index in [9.17, 15) is 14.4 Å². The Bertz CT molecular complexity index is 648. The quantitative estimate of drug-likeness (QED) is 0.0602. The number of esters is 1. The molecule has 0 bridgehead atoms. The van der Waals surface area contributed by atoms with Gasteiger partial charge in [0, 0.05) is 13.0 Å². The molecule has 13 heteroatoms. The van der Waals surface area contributed by atoms with E-state index >= 15 is 0 Å². The Kier molecular flexibility index (Phi) is 34.4. The third-order valence-corrected chi connectivity index (χ3v) is 6.03. The van der Waals surface area contributed by atoms with Crippen molar-refractivity contribution in [1.82, 2.24) is 0 Å². The molecular formula is C31H58O13. The molecular weight excluding hydrogens is 580 g/mol. The molecule has 0 radical (unpaired) electrons. The molecule has 0 spiro atoms. The lowest BCUT2D eigenvalue weighted by Crippen LogP contribution is -2.17. The predicted octanol–water partition coefficient (Wildman–Crippen LogP) is 3.24. The van der Waals surface area contributed by atoms with Crippen molar-refractivity contribution in [3.63, 3.8) is 0 Å². The van der Waals surface area contributed by atoms with E-state index in [1.54, 1.807) is 0 Å². The fraction of sp³-hybridized carbons (Fsp3) is 0.903. The van der Waals surface area contributed by atoms with E-state index in [-0.39, 0.29) is 26.1 Å². The molecule has 13 nitrogen and oxygen atoms in total. The smallest absolute Gasteiger partial charge is 0.372 e. The minimum atomic E-state index is -1.56. The fourth-order valence-electron chi connectivity index (χ4n) is 3.59. The van der Waals surface area contributed by atoms with Crippen molar-refractivity contribution in [2.45, 2.75) is 71.1 Å². The van der Waals surface area contributed by atoms with Crippen LogP contribution in [0.3, 0.4) is 0 Å². The first kappa shape index (κ1) is 42.3. The normalized spacial score (nSPS) is 11.2. The molecule has 0 saturated heterocycles. The highest BCUT2D eigenvalue weighted by Crippen LogP contribution is 2.08. The Morgan fingerprint density at radius 3 is 1.09 bits per heavy atom. The number of hydrogen-bond acceptors (Lipinski definition) is 12. The molecule has 1 N–H and O–H groups in total. The minimum Gasteiger partial charge on any atom is -0.476 e. The standard InChI is InChI=1S/C31H58O13/c1-2-3-4-5-6-7-8-9-12-36-13-14-37-15-16-38-17-18-39-19-20-40-21-22-41-23-24-42-25-26-43-27-28-44-30(33)11-10-29(32)31(34)35/h2-28H2,1H3,(H,34,35). The van der Waals surface area contributed by atoms with Gasteiger partial charge in [-0.25, -0.2) is 4.79 Å². The second kappa shape index (κ2) is 35.8. The molecule has 0 saturated carbocycles. The Hall–Kier alpha value is -1.71. The van der Waals surface area contributed by atoms with Crippen LogP contribution in [0.1, 0.15) is 71.1 Å². The van der Waals surface area contributed by atoms with Gasteiger partial charge in [-0.15, -0.1) is 0 Å². The molecule has 0 heterocycles. The highest BCUT2D eigenvalue weighted by Gasteiger charge is 2.14. The molecule has 0 aromatic carbocycles. The topological polar surface area (TPSA) is 155 Å². The molecule has 0 aromatic rings. The summed E-state index contributed by atoms with van der Waals surface area (Å²) in [5, 5.41) is 8.44. The number of rotatable bonds is 37. The second-order valence-electron chi connectivity index (χ2n) is 9.82. The average molecular weight is 639 g/mol. The van der Waals surface area contributed by atoms with Crippen molar-refractivity contribution in [2.75, 3.05) is 112 Å². The van der Waals surface area contributed by atoms with Crippen LogP contribution in [0, 0.1) is 0 Å². The maximum Gasteiger partial charge on any atom is 0.372 e. The Labute approximate surface area is 263 Å². The van der Waals surface area contributed by atoms with Crippen molar-refractivity contribution < 1.29 is 62.1 Å². The summed E-state index contributed by atoms with van der Waals surface area (Å²) < 4.78 is 48.4. The van der Waals surface area contributed by atoms with Crippen LogP contribution in [-0.4, -0.2) is 135 Å². The molecule has 260 valence electrons. The fourth-order valence-corrected chi connectivity index (χ4v) is 3.59. The summed E-state index contributed by atoms with van der Waals surface area (Å²) in [5.41, 5.74) is 0. The summed E-state index contributed by atoms with van der Waals surface area (Å²) in [5.74, 6) is -3.22. The SMILES string of the molecule is CCCCCCCCCCOCCOCCOCCOCCOCCOCCOCCOCCOC(=O)CCC(=O)C(=O)O. The lowest BCUT2D eigenvalue weighted by Gasteiger charge is -2.09. The highest BCUT2D eigenvalue weighted by molar-refractivity contribution is 6.32. The Balaban J connectivity index is 3.12.